The van der Waals surface area contributed by atoms with Gasteiger partial charge in [-0.15, -0.1) is 0 Å². The van der Waals surface area contributed by atoms with Gasteiger partial charge in [-0.05, 0) is 23.8 Å². The highest BCUT2D eigenvalue weighted by Crippen LogP contribution is 2.29. The number of anilines is 1. The summed E-state index contributed by atoms with van der Waals surface area (Å²) < 4.78 is 0. The first-order valence-electron chi connectivity index (χ1n) is 9.17. The average Bonchev–Trinajstić information content (AvgIpc) is 3.08. The van der Waals surface area contributed by atoms with Gasteiger partial charge in [0.15, 0.2) is 0 Å². The van der Waals surface area contributed by atoms with Gasteiger partial charge in [-0.1, -0.05) is 48.5 Å². The zero-order valence-corrected chi connectivity index (χ0v) is 16.1. The fourth-order valence-corrected chi connectivity index (χ4v) is 3.30. The van der Waals surface area contributed by atoms with Crippen LogP contribution in [0.5, 0.6) is 0 Å². The van der Waals surface area contributed by atoms with Crippen molar-refractivity contribution < 1.29 is 0 Å². The van der Waals surface area contributed by atoms with Crippen molar-refractivity contribution in [2.45, 2.75) is 0 Å². The van der Waals surface area contributed by atoms with Crippen molar-refractivity contribution in [3.63, 3.8) is 0 Å². The standard InChI is InChI=1S/C22H27N5/c1-23-20-14-21(24-2)22(25-3)19(20)16-27(18-12-8-5-9-13-18)26-15-17-10-6-4-7-11-17/h4-15,19,23-25H,16H2,1-3H3. The minimum absolute atomic E-state index is 0.176. The molecule has 0 aromatic heterocycles. The van der Waals surface area contributed by atoms with Gasteiger partial charge in [0.1, 0.15) is 0 Å². The summed E-state index contributed by atoms with van der Waals surface area (Å²) in [5.74, 6) is 0.176. The summed E-state index contributed by atoms with van der Waals surface area (Å²) in [6.45, 7) is 0.724. The van der Waals surface area contributed by atoms with Crippen molar-refractivity contribution in [1.29, 1.82) is 0 Å². The van der Waals surface area contributed by atoms with E-state index < -0.39 is 0 Å². The van der Waals surface area contributed by atoms with Gasteiger partial charge in [-0.2, -0.15) is 5.10 Å². The number of hydrogen-bond donors (Lipinski definition) is 3. The Kier molecular flexibility index (Phi) is 6.15. The minimum atomic E-state index is 0.176. The molecule has 140 valence electrons. The van der Waals surface area contributed by atoms with E-state index in [1.807, 2.05) is 63.8 Å². The fraction of sp³-hybridized carbons (Fsp3) is 0.227. The van der Waals surface area contributed by atoms with Crippen molar-refractivity contribution in [1.82, 2.24) is 16.0 Å². The van der Waals surface area contributed by atoms with E-state index in [9.17, 15) is 0 Å². The summed E-state index contributed by atoms with van der Waals surface area (Å²) in [6, 6.07) is 20.4. The maximum Gasteiger partial charge on any atom is 0.0603 e. The van der Waals surface area contributed by atoms with Crippen molar-refractivity contribution in [2.24, 2.45) is 11.0 Å². The summed E-state index contributed by atoms with van der Waals surface area (Å²) in [6.07, 6.45) is 4.06. The Morgan fingerprint density at radius 2 is 1.56 bits per heavy atom. The van der Waals surface area contributed by atoms with E-state index in [2.05, 4.69) is 51.3 Å². The number of para-hydroxylation sites is 1. The predicted molar refractivity (Wildman–Crippen MR) is 114 cm³/mol. The molecule has 0 aliphatic heterocycles. The molecule has 0 radical (unpaired) electrons. The van der Waals surface area contributed by atoms with Crippen LogP contribution in [0.3, 0.4) is 0 Å². The van der Waals surface area contributed by atoms with Crippen LogP contribution in [0.4, 0.5) is 5.69 Å². The van der Waals surface area contributed by atoms with Crippen LogP contribution in [0.15, 0.2) is 88.9 Å². The second-order valence-corrected chi connectivity index (χ2v) is 6.30. The van der Waals surface area contributed by atoms with Gasteiger partial charge in [0.05, 0.1) is 30.1 Å². The molecule has 0 heterocycles. The second kappa shape index (κ2) is 8.94. The first-order valence-corrected chi connectivity index (χ1v) is 9.17. The maximum atomic E-state index is 4.80. The first-order chi connectivity index (χ1) is 13.3. The molecular formula is C22H27N5. The third kappa shape index (κ3) is 4.31. The zero-order chi connectivity index (χ0) is 19.1. The quantitative estimate of drug-likeness (QED) is 0.500. The van der Waals surface area contributed by atoms with E-state index in [1.165, 1.54) is 5.70 Å². The number of benzene rings is 2. The molecule has 0 saturated carbocycles. The van der Waals surface area contributed by atoms with Crippen LogP contribution in [0.2, 0.25) is 0 Å². The largest absolute Gasteiger partial charge is 0.391 e. The third-order valence-corrected chi connectivity index (χ3v) is 4.70. The molecule has 27 heavy (non-hydrogen) atoms. The van der Waals surface area contributed by atoms with E-state index in [1.54, 1.807) is 0 Å². The number of nitrogens with one attached hydrogen (secondary N) is 3. The topological polar surface area (TPSA) is 51.7 Å². The molecule has 1 atom stereocenters. The highest BCUT2D eigenvalue weighted by atomic mass is 15.5. The van der Waals surface area contributed by atoms with Crippen LogP contribution >= 0.6 is 0 Å². The SMILES string of the molecule is CNC1=CC(NC)=C(NC)C1CN(N=Cc1ccccc1)c1ccccc1. The monoisotopic (exact) mass is 361 g/mol. The zero-order valence-electron chi connectivity index (χ0n) is 16.1. The number of allylic oxidation sites excluding steroid dienone is 1. The van der Waals surface area contributed by atoms with E-state index in [0.717, 1.165) is 29.2 Å². The molecule has 1 aliphatic carbocycles. The molecule has 0 bridgehead atoms. The van der Waals surface area contributed by atoms with Crippen LogP contribution < -0.4 is 21.0 Å². The smallest absolute Gasteiger partial charge is 0.0603 e. The number of hydrogen-bond acceptors (Lipinski definition) is 5. The van der Waals surface area contributed by atoms with Crippen LogP contribution in [0.25, 0.3) is 0 Å². The van der Waals surface area contributed by atoms with Crippen LogP contribution in [0, 0.1) is 5.92 Å². The lowest BCUT2D eigenvalue weighted by atomic mass is 10.0. The molecule has 1 aliphatic rings. The normalized spacial score (nSPS) is 16.4. The fourth-order valence-electron chi connectivity index (χ4n) is 3.30. The number of nitrogens with zero attached hydrogens (tertiary/aromatic N) is 2. The average molecular weight is 361 g/mol. The molecule has 0 amide bonds. The molecule has 2 aromatic carbocycles. The van der Waals surface area contributed by atoms with Crippen LogP contribution in [0.1, 0.15) is 5.56 Å². The summed E-state index contributed by atoms with van der Waals surface area (Å²) in [7, 11) is 5.87. The van der Waals surface area contributed by atoms with Crippen molar-refractivity contribution >= 4 is 11.9 Å². The van der Waals surface area contributed by atoms with Crippen molar-refractivity contribution in [2.75, 3.05) is 32.7 Å². The van der Waals surface area contributed by atoms with Gasteiger partial charge in [-0.25, -0.2) is 0 Å². The predicted octanol–water partition coefficient (Wildman–Crippen LogP) is 2.91. The minimum Gasteiger partial charge on any atom is -0.391 e. The Labute approximate surface area is 161 Å². The van der Waals surface area contributed by atoms with Gasteiger partial charge in [-0.3, -0.25) is 5.01 Å². The highest BCUT2D eigenvalue weighted by molar-refractivity contribution is 5.80. The molecule has 0 spiro atoms. The molecule has 0 saturated heterocycles. The molecular weight excluding hydrogens is 334 g/mol. The first kappa shape index (κ1) is 18.6. The van der Waals surface area contributed by atoms with Gasteiger partial charge >= 0.3 is 0 Å². The van der Waals surface area contributed by atoms with E-state index >= 15 is 0 Å². The highest BCUT2D eigenvalue weighted by Gasteiger charge is 2.28. The summed E-state index contributed by atoms with van der Waals surface area (Å²) in [5.41, 5.74) is 5.58. The van der Waals surface area contributed by atoms with Crippen molar-refractivity contribution in [3.05, 3.63) is 89.4 Å². The number of hydrazone groups is 1. The number of likely N-dealkylation sites (N-methyl/N-ethyl adjacent to an activating group) is 1. The van der Waals surface area contributed by atoms with Crippen LogP contribution in [-0.4, -0.2) is 33.9 Å². The Balaban J connectivity index is 1.90. The second-order valence-electron chi connectivity index (χ2n) is 6.30. The molecule has 3 N–H and O–H groups in total. The van der Waals surface area contributed by atoms with Crippen molar-refractivity contribution in [3.8, 4) is 0 Å². The molecule has 0 fully saturated rings. The molecule has 3 rings (SSSR count). The van der Waals surface area contributed by atoms with Gasteiger partial charge in [0.2, 0.25) is 0 Å². The summed E-state index contributed by atoms with van der Waals surface area (Å²) >= 11 is 0. The van der Waals surface area contributed by atoms with Crippen LogP contribution in [-0.2, 0) is 0 Å². The van der Waals surface area contributed by atoms with E-state index in [0.29, 0.717) is 0 Å². The summed E-state index contributed by atoms with van der Waals surface area (Å²) in [5, 5.41) is 16.8. The van der Waals surface area contributed by atoms with E-state index in [-0.39, 0.29) is 5.92 Å². The Morgan fingerprint density at radius 3 is 2.15 bits per heavy atom. The molecule has 1 unspecified atom stereocenters. The lowest BCUT2D eigenvalue weighted by Crippen LogP contribution is -2.32. The molecule has 5 heteroatoms. The number of rotatable bonds is 8. The molecule has 2 aromatic rings. The lowest BCUT2D eigenvalue weighted by Gasteiger charge is -2.26. The Hall–Kier alpha value is -3.21. The van der Waals surface area contributed by atoms with Gasteiger partial charge in [0.25, 0.3) is 0 Å². The Morgan fingerprint density at radius 1 is 0.889 bits per heavy atom. The third-order valence-electron chi connectivity index (χ3n) is 4.70. The van der Waals surface area contributed by atoms with Gasteiger partial charge < -0.3 is 16.0 Å². The van der Waals surface area contributed by atoms with Gasteiger partial charge in [0, 0.05) is 32.5 Å². The molecule has 5 nitrogen and oxygen atoms in total. The maximum absolute atomic E-state index is 4.80. The van der Waals surface area contributed by atoms with E-state index in [4.69, 9.17) is 5.10 Å². The summed E-state index contributed by atoms with van der Waals surface area (Å²) in [4.78, 5) is 0. The lowest BCUT2D eigenvalue weighted by molar-refractivity contribution is 0.611. The Bertz CT molecular complexity index is 824.